The van der Waals surface area contributed by atoms with Gasteiger partial charge >= 0.3 is 0 Å². The molecule has 0 N–H and O–H groups in total. The fourth-order valence-electron chi connectivity index (χ4n) is 4.43. The number of piperidine rings is 1. The van der Waals surface area contributed by atoms with Gasteiger partial charge in [0.1, 0.15) is 11.4 Å². The first-order valence-electron chi connectivity index (χ1n) is 10.9. The summed E-state index contributed by atoms with van der Waals surface area (Å²) in [5.74, 6) is 1.69. The van der Waals surface area contributed by atoms with Crippen molar-refractivity contribution < 1.29 is 14.3 Å². The van der Waals surface area contributed by atoms with Crippen molar-refractivity contribution >= 4 is 17.4 Å². The number of rotatable bonds is 7. The largest absolute Gasteiger partial charge is 0.494 e. The fraction of sp³-hybridized carbons (Fsp3) is 0.583. The first-order valence-corrected chi connectivity index (χ1v) is 10.9. The van der Waals surface area contributed by atoms with Crippen LogP contribution in [-0.4, -0.2) is 47.9 Å². The van der Waals surface area contributed by atoms with Crippen LogP contribution in [0.4, 0.5) is 0 Å². The van der Waals surface area contributed by atoms with Gasteiger partial charge in [-0.15, -0.1) is 0 Å². The monoisotopic (exact) mass is 398 g/mol. The Bertz CT molecular complexity index is 772. The van der Waals surface area contributed by atoms with E-state index >= 15 is 0 Å². The van der Waals surface area contributed by atoms with Crippen LogP contribution in [0.3, 0.4) is 0 Å². The van der Waals surface area contributed by atoms with E-state index in [0.29, 0.717) is 36.3 Å². The molecule has 2 aliphatic heterocycles. The smallest absolute Gasteiger partial charge is 0.277 e. The number of carbonyl (C=O) groups is 2. The Labute approximate surface area is 174 Å². The molecule has 2 unspecified atom stereocenters. The van der Waals surface area contributed by atoms with Crippen molar-refractivity contribution in [2.45, 2.75) is 47.5 Å². The maximum atomic E-state index is 13.3. The summed E-state index contributed by atoms with van der Waals surface area (Å²) in [6.45, 7) is 13.3. The van der Waals surface area contributed by atoms with Crippen LogP contribution in [0.2, 0.25) is 0 Å². The molecule has 2 aliphatic rings. The van der Waals surface area contributed by atoms with Gasteiger partial charge in [-0.2, -0.15) is 0 Å². The molecule has 1 saturated heterocycles. The molecular weight excluding hydrogens is 364 g/mol. The minimum Gasteiger partial charge on any atom is -0.494 e. The van der Waals surface area contributed by atoms with Crippen LogP contribution in [0.15, 0.2) is 30.0 Å². The second kappa shape index (κ2) is 9.02. The molecular formula is C24H34N2O3. The summed E-state index contributed by atoms with van der Waals surface area (Å²) < 4.78 is 5.68. The molecule has 0 aromatic heterocycles. The Morgan fingerprint density at radius 3 is 2.21 bits per heavy atom. The van der Waals surface area contributed by atoms with Gasteiger partial charge in [-0.05, 0) is 48.3 Å². The molecule has 29 heavy (non-hydrogen) atoms. The third kappa shape index (κ3) is 4.65. The normalized spacial score (nSPS) is 22.8. The van der Waals surface area contributed by atoms with Crippen molar-refractivity contribution in [1.29, 1.82) is 0 Å². The maximum Gasteiger partial charge on any atom is 0.277 e. The summed E-state index contributed by atoms with van der Waals surface area (Å²) in [5, 5.41) is 0. The van der Waals surface area contributed by atoms with Gasteiger partial charge in [-0.1, -0.05) is 46.8 Å². The second-order valence-corrected chi connectivity index (χ2v) is 9.06. The third-order valence-corrected chi connectivity index (χ3v) is 5.49. The first kappa shape index (κ1) is 21.4. The third-order valence-electron chi connectivity index (χ3n) is 5.49. The molecule has 158 valence electrons. The molecule has 0 spiro atoms. The van der Waals surface area contributed by atoms with Crippen molar-refractivity contribution in [2.24, 2.45) is 17.8 Å². The Morgan fingerprint density at radius 2 is 1.66 bits per heavy atom. The van der Waals surface area contributed by atoms with E-state index in [1.54, 1.807) is 0 Å². The first-order chi connectivity index (χ1) is 13.8. The number of hydrogen-bond acceptors (Lipinski definition) is 4. The molecule has 1 fully saturated rings. The van der Waals surface area contributed by atoms with E-state index < -0.39 is 0 Å². The quantitative estimate of drug-likeness (QED) is 0.646. The fourth-order valence-corrected chi connectivity index (χ4v) is 4.43. The number of nitrogens with zero attached hydrogens (tertiary/aromatic N) is 2. The molecule has 2 atom stereocenters. The lowest BCUT2D eigenvalue weighted by atomic mass is 9.91. The number of carbonyl (C=O) groups excluding carboxylic acids is 2. The Kier molecular flexibility index (Phi) is 6.66. The minimum atomic E-state index is -0.174. The number of imide groups is 1. The van der Waals surface area contributed by atoms with Gasteiger partial charge < -0.3 is 9.64 Å². The lowest BCUT2D eigenvalue weighted by molar-refractivity contribution is -0.138. The van der Waals surface area contributed by atoms with E-state index in [1.165, 1.54) is 4.90 Å². The van der Waals surface area contributed by atoms with E-state index in [4.69, 9.17) is 4.74 Å². The standard InChI is InChI=1S/C24H34N2O3/c1-6-11-29-20-9-7-19(8-10-20)21-22(25-14-17(4)12-18(5)15-25)24(28)26(23(21)27)13-16(2)3/h7-10,16-18H,6,11-15H2,1-5H3. The van der Waals surface area contributed by atoms with Crippen molar-refractivity contribution in [3.8, 4) is 5.75 Å². The number of benzene rings is 1. The number of hydrogen-bond donors (Lipinski definition) is 0. The summed E-state index contributed by atoms with van der Waals surface area (Å²) in [6.07, 6.45) is 2.10. The molecule has 0 radical (unpaired) electrons. The molecule has 0 saturated carbocycles. The highest BCUT2D eigenvalue weighted by Crippen LogP contribution is 2.35. The molecule has 3 rings (SSSR count). The zero-order chi connectivity index (χ0) is 21.1. The highest BCUT2D eigenvalue weighted by atomic mass is 16.5. The average Bonchev–Trinajstić information content (AvgIpc) is 2.90. The van der Waals surface area contributed by atoms with Crippen LogP contribution in [0.1, 0.15) is 53.0 Å². The summed E-state index contributed by atoms with van der Waals surface area (Å²) in [6, 6.07) is 7.59. The van der Waals surface area contributed by atoms with Gasteiger partial charge in [-0.25, -0.2) is 0 Å². The van der Waals surface area contributed by atoms with Crippen molar-refractivity contribution in [3.63, 3.8) is 0 Å². The molecule has 1 aromatic carbocycles. The topological polar surface area (TPSA) is 49.9 Å². The van der Waals surface area contributed by atoms with Gasteiger partial charge in [0.2, 0.25) is 0 Å². The van der Waals surface area contributed by atoms with E-state index in [9.17, 15) is 9.59 Å². The summed E-state index contributed by atoms with van der Waals surface area (Å²) in [5.41, 5.74) is 1.91. The van der Waals surface area contributed by atoms with Gasteiger partial charge in [0, 0.05) is 19.6 Å². The van der Waals surface area contributed by atoms with E-state index in [-0.39, 0.29) is 17.7 Å². The van der Waals surface area contributed by atoms with E-state index in [1.807, 2.05) is 38.1 Å². The van der Waals surface area contributed by atoms with Crippen LogP contribution in [0.5, 0.6) is 5.75 Å². The zero-order valence-corrected chi connectivity index (χ0v) is 18.4. The zero-order valence-electron chi connectivity index (χ0n) is 18.4. The van der Waals surface area contributed by atoms with Crippen LogP contribution < -0.4 is 4.74 Å². The Morgan fingerprint density at radius 1 is 1.03 bits per heavy atom. The number of likely N-dealkylation sites (tertiary alicyclic amines) is 1. The predicted octanol–water partition coefficient (Wildman–Crippen LogP) is 4.19. The van der Waals surface area contributed by atoms with E-state index in [0.717, 1.165) is 37.2 Å². The average molecular weight is 399 g/mol. The van der Waals surface area contributed by atoms with Crippen molar-refractivity contribution in [1.82, 2.24) is 9.80 Å². The minimum absolute atomic E-state index is 0.147. The van der Waals surface area contributed by atoms with Crippen LogP contribution in [0, 0.1) is 17.8 Å². The van der Waals surface area contributed by atoms with E-state index in [2.05, 4.69) is 25.7 Å². The summed E-state index contributed by atoms with van der Waals surface area (Å²) in [7, 11) is 0. The molecule has 1 aromatic rings. The molecule has 5 heteroatoms. The predicted molar refractivity (Wildman–Crippen MR) is 115 cm³/mol. The number of amides is 2. The van der Waals surface area contributed by atoms with Gasteiger partial charge in [0.15, 0.2) is 0 Å². The lowest BCUT2D eigenvalue weighted by Crippen LogP contribution is -2.42. The van der Waals surface area contributed by atoms with Gasteiger partial charge in [0.25, 0.3) is 11.8 Å². The van der Waals surface area contributed by atoms with Crippen LogP contribution in [0.25, 0.3) is 5.57 Å². The molecule has 5 nitrogen and oxygen atoms in total. The second-order valence-electron chi connectivity index (χ2n) is 9.06. The molecule has 0 aliphatic carbocycles. The SMILES string of the molecule is CCCOc1ccc(C2=C(N3CC(C)CC(C)C3)C(=O)N(CC(C)C)C2=O)cc1. The summed E-state index contributed by atoms with van der Waals surface area (Å²) >= 11 is 0. The molecule has 2 amide bonds. The Hall–Kier alpha value is -2.30. The molecule has 2 heterocycles. The lowest BCUT2D eigenvalue weighted by Gasteiger charge is -2.37. The van der Waals surface area contributed by atoms with Crippen LogP contribution in [-0.2, 0) is 9.59 Å². The van der Waals surface area contributed by atoms with Crippen molar-refractivity contribution in [2.75, 3.05) is 26.2 Å². The Balaban J connectivity index is 2.00. The highest BCUT2D eigenvalue weighted by Gasteiger charge is 2.42. The maximum absolute atomic E-state index is 13.3. The highest BCUT2D eigenvalue weighted by molar-refractivity contribution is 6.35. The number of ether oxygens (including phenoxy) is 1. The van der Waals surface area contributed by atoms with Gasteiger partial charge in [0.05, 0.1) is 12.2 Å². The van der Waals surface area contributed by atoms with Crippen LogP contribution >= 0.6 is 0 Å². The van der Waals surface area contributed by atoms with Crippen molar-refractivity contribution in [3.05, 3.63) is 35.5 Å². The summed E-state index contributed by atoms with van der Waals surface area (Å²) in [4.78, 5) is 30.2. The van der Waals surface area contributed by atoms with Gasteiger partial charge in [-0.3, -0.25) is 14.5 Å². The molecule has 0 bridgehead atoms.